The van der Waals surface area contributed by atoms with Crippen LogP contribution in [0, 0.1) is 12.7 Å². The van der Waals surface area contributed by atoms with E-state index in [1.165, 1.54) is 24.3 Å². The van der Waals surface area contributed by atoms with Crippen LogP contribution in [0.1, 0.15) is 16.1 Å². The molecule has 1 aromatic heterocycles. The number of carbonyl (C=O) groups excluding carboxylic acids is 1. The molecule has 3 nitrogen and oxygen atoms in total. The van der Waals surface area contributed by atoms with E-state index in [1.54, 1.807) is 13.0 Å². The van der Waals surface area contributed by atoms with Gasteiger partial charge in [0.15, 0.2) is 11.0 Å². The number of anilines is 1. The van der Waals surface area contributed by atoms with Crippen LogP contribution >= 0.6 is 11.6 Å². The van der Waals surface area contributed by atoms with Crippen LogP contribution in [0.5, 0.6) is 0 Å². The average molecular weight is 254 g/mol. The molecule has 0 atom stereocenters. The van der Waals surface area contributed by atoms with Gasteiger partial charge in [-0.05, 0) is 42.8 Å². The zero-order chi connectivity index (χ0) is 12.4. The molecule has 0 fully saturated rings. The number of rotatable bonds is 2. The second-order valence-electron chi connectivity index (χ2n) is 3.47. The predicted octanol–water partition coefficient (Wildman–Crippen LogP) is 3.63. The quantitative estimate of drug-likeness (QED) is 0.888. The smallest absolute Gasteiger partial charge is 0.291 e. The Balaban J connectivity index is 2.21. The molecule has 2 rings (SSSR count). The molecule has 88 valence electrons. The molecule has 1 amide bonds. The number of furan rings is 1. The van der Waals surface area contributed by atoms with Crippen molar-refractivity contribution < 1.29 is 13.6 Å². The highest BCUT2D eigenvalue weighted by Gasteiger charge is 2.12. The maximum Gasteiger partial charge on any atom is 0.291 e. The van der Waals surface area contributed by atoms with Crippen molar-refractivity contribution >= 4 is 23.2 Å². The summed E-state index contributed by atoms with van der Waals surface area (Å²) in [6.45, 7) is 1.58. The van der Waals surface area contributed by atoms with E-state index in [1.807, 2.05) is 0 Å². The fourth-order valence-corrected chi connectivity index (χ4v) is 1.51. The van der Waals surface area contributed by atoms with Gasteiger partial charge >= 0.3 is 0 Å². The fourth-order valence-electron chi connectivity index (χ4n) is 1.36. The molecule has 1 N–H and O–H groups in total. The van der Waals surface area contributed by atoms with Crippen molar-refractivity contribution in [3.8, 4) is 0 Å². The standard InChI is InChI=1S/C12H9ClFNO2/c1-7-8(14)3-2-4-9(7)15-12(16)10-5-6-11(13)17-10/h2-6H,1H3,(H,15,16). The van der Waals surface area contributed by atoms with Gasteiger partial charge in [0.2, 0.25) is 0 Å². The van der Waals surface area contributed by atoms with Crippen LogP contribution in [0.25, 0.3) is 0 Å². The monoisotopic (exact) mass is 253 g/mol. The third kappa shape index (κ3) is 2.47. The Morgan fingerprint density at radius 1 is 1.35 bits per heavy atom. The summed E-state index contributed by atoms with van der Waals surface area (Å²) in [4.78, 5) is 11.7. The minimum Gasteiger partial charge on any atom is -0.440 e. The van der Waals surface area contributed by atoms with Crippen LogP contribution in [0.3, 0.4) is 0 Å². The number of hydrogen-bond acceptors (Lipinski definition) is 2. The lowest BCUT2D eigenvalue weighted by atomic mass is 10.2. The number of amides is 1. The van der Waals surface area contributed by atoms with Gasteiger partial charge in [-0.25, -0.2) is 4.39 Å². The molecular formula is C12H9ClFNO2. The number of benzene rings is 1. The van der Waals surface area contributed by atoms with Gasteiger partial charge in [-0.15, -0.1) is 0 Å². The first-order valence-electron chi connectivity index (χ1n) is 4.90. The second-order valence-corrected chi connectivity index (χ2v) is 3.84. The maximum absolute atomic E-state index is 13.2. The van der Waals surface area contributed by atoms with Crippen LogP contribution in [-0.4, -0.2) is 5.91 Å². The summed E-state index contributed by atoms with van der Waals surface area (Å²) in [5, 5.41) is 2.68. The average Bonchev–Trinajstić information content (AvgIpc) is 2.72. The summed E-state index contributed by atoms with van der Waals surface area (Å²) in [6, 6.07) is 7.38. The molecule has 2 aromatic rings. The normalized spacial score (nSPS) is 10.3. The highest BCUT2D eigenvalue weighted by atomic mass is 35.5. The first-order chi connectivity index (χ1) is 8.08. The third-order valence-electron chi connectivity index (χ3n) is 2.31. The highest BCUT2D eigenvalue weighted by molar-refractivity contribution is 6.29. The summed E-state index contributed by atoms with van der Waals surface area (Å²) in [7, 11) is 0. The molecule has 5 heteroatoms. The van der Waals surface area contributed by atoms with E-state index >= 15 is 0 Å². The number of carbonyl (C=O) groups is 1. The van der Waals surface area contributed by atoms with Gasteiger partial charge in [-0.2, -0.15) is 0 Å². The van der Waals surface area contributed by atoms with Crippen molar-refractivity contribution in [2.24, 2.45) is 0 Å². The molecule has 1 aromatic carbocycles. The molecule has 0 unspecified atom stereocenters. The maximum atomic E-state index is 13.2. The van der Waals surface area contributed by atoms with Crippen LogP contribution in [0.2, 0.25) is 5.22 Å². The molecule has 1 heterocycles. The largest absolute Gasteiger partial charge is 0.440 e. The van der Waals surface area contributed by atoms with Crippen molar-refractivity contribution in [3.05, 3.63) is 52.7 Å². The van der Waals surface area contributed by atoms with Crippen LogP contribution < -0.4 is 5.32 Å². The van der Waals surface area contributed by atoms with Gasteiger partial charge < -0.3 is 9.73 Å². The third-order valence-corrected chi connectivity index (χ3v) is 2.52. The zero-order valence-corrected chi connectivity index (χ0v) is 9.72. The fraction of sp³-hybridized carbons (Fsp3) is 0.0833. The van der Waals surface area contributed by atoms with Crippen molar-refractivity contribution in [2.45, 2.75) is 6.92 Å². The molecule has 0 saturated carbocycles. The lowest BCUT2D eigenvalue weighted by Gasteiger charge is -2.07. The molecule has 0 aliphatic carbocycles. The summed E-state index contributed by atoms with van der Waals surface area (Å²) < 4.78 is 18.2. The van der Waals surface area contributed by atoms with Crippen molar-refractivity contribution in [3.63, 3.8) is 0 Å². The minimum atomic E-state index is -0.467. The van der Waals surface area contributed by atoms with Gasteiger partial charge in [-0.3, -0.25) is 4.79 Å². The van der Waals surface area contributed by atoms with Gasteiger partial charge in [0.25, 0.3) is 5.91 Å². The highest BCUT2D eigenvalue weighted by Crippen LogP contribution is 2.19. The van der Waals surface area contributed by atoms with Gasteiger partial charge in [0, 0.05) is 11.3 Å². The number of halogens is 2. The lowest BCUT2D eigenvalue weighted by Crippen LogP contribution is -2.12. The Kier molecular flexibility index (Phi) is 3.15. The number of hydrogen-bond donors (Lipinski definition) is 1. The van der Waals surface area contributed by atoms with Gasteiger partial charge in [0.05, 0.1) is 0 Å². The van der Waals surface area contributed by atoms with E-state index in [0.717, 1.165) is 0 Å². The van der Waals surface area contributed by atoms with E-state index in [4.69, 9.17) is 16.0 Å². The molecule has 0 aliphatic heterocycles. The van der Waals surface area contributed by atoms with Crippen molar-refractivity contribution in [1.82, 2.24) is 0 Å². The Morgan fingerprint density at radius 2 is 2.12 bits per heavy atom. The van der Waals surface area contributed by atoms with Crippen LogP contribution in [-0.2, 0) is 0 Å². The topological polar surface area (TPSA) is 42.2 Å². The molecule has 0 radical (unpaired) electrons. The molecule has 0 bridgehead atoms. The molecule has 0 aliphatic rings. The predicted molar refractivity (Wildman–Crippen MR) is 62.8 cm³/mol. The van der Waals surface area contributed by atoms with Gasteiger partial charge in [-0.1, -0.05) is 6.07 Å². The lowest BCUT2D eigenvalue weighted by molar-refractivity contribution is 0.0996. The van der Waals surface area contributed by atoms with Crippen molar-refractivity contribution in [2.75, 3.05) is 5.32 Å². The van der Waals surface area contributed by atoms with Crippen LogP contribution in [0.4, 0.5) is 10.1 Å². The Morgan fingerprint density at radius 3 is 2.76 bits per heavy atom. The Hall–Kier alpha value is -1.81. The van der Waals surface area contributed by atoms with Gasteiger partial charge in [0.1, 0.15) is 5.82 Å². The zero-order valence-electron chi connectivity index (χ0n) is 8.96. The van der Waals surface area contributed by atoms with Crippen LogP contribution in [0.15, 0.2) is 34.7 Å². The summed E-state index contributed by atoms with van der Waals surface area (Å²) in [5.74, 6) is -0.760. The Bertz CT molecular complexity index is 565. The molecular weight excluding hydrogens is 245 g/mol. The first-order valence-corrected chi connectivity index (χ1v) is 5.27. The van der Waals surface area contributed by atoms with E-state index in [9.17, 15) is 9.18 Å². The summed E-state index contributed by atoms with van der Waals surface area (Å²) >= 11 is 5.56. The van der Waals surface area contributed by atoms with E-state index in [0.29, 0.717) is 11.3 Å². The molecule has 17 heavy (non-hydrogen) atoms. The van der Waals surface area contributed by atoms with E-state index < -0.39 is 5.91 Å². The van der Waals surface area contributed by atoms with E-state index in [-0.39, 0.29) is 16.8 Å². The SMILES string of the molecule is Cc1c(F)cccc1NC(=O)c1ccc(Cl)o1. The minimum absolute atomic E-state index is 0.0821. The summed E-state index contributed by atoms with van der Waals surface area (Å²) in [5.41, 5.74) is 0.779. The molecule has 0 spiro atoms. The second kappa shape index (κ2) is 4.59. The van der Waals surface area contributed by atoms with E-state index in [2.05, 4.69) is 5.32 Å². The Labute approximate surface area is 102 Å². The summed E-state index contributed by atoms with van der Waals surface area (Å²) in [6.07, 6.45) is 0. The van der Waals surface area contributed by atoms with Crippen molar-refractivity contribution in [1.29, 1.82) is 0 Å². The number of nitrogens with one attached hydrogen (secondary N) is 1. The first kappa shape index (κ1) is 11.7. The molecule has 0 saturated heterocycles.